The summed E-state index contributed by atoms with van der Waals surface area (Å²) in [7, 11) is 0. The Morgan fingerprint density at radius 1 is 0.653 bits per heavy atom. The zero-order valence-corrected chi connectivity index (χ0v) is 33.7. The van der Waals surface area contributed by atoms with E-state index < -0.39 is 0 Å². The zero-order valence-electron chi connectivity index (χ0n) is 28.8. The summed E-state index contributed by atoms with van der Waals surface area (Å²) in [5.74, 6) is 0.742. The van der Waals surface area contributed by atoms with Gasteiger partial charge in [-0.25, -0.2) is 0 Å². The molecule has 6 rings (SSSR count). The SMILES string of the molecule is CCCCC(CC)CN1C(=O)C2=C(c3ccc(-c4ccc(/C=C/c5ccc(Br)s5)s4)s3)N(CC(CC)CCCC)C(=O)C2=C1c1cccs1. The van der Waals surface area contributed by atoms with Crippen LogP contribution < -0.4 is 0 Å². The highest BCUT2D eigenvalue weighted by Gasteiger charge is 2.50. The molecule has 2 aliphatic rings. The highest BCUT2D eigenvalue weighted by molar-refractivity contribution is 9.11. The van der Waals surface area contributed by atoms with E-state index in [1.165, 1.54) is 14.6 Å². The minimum atomic E-state index is -0.0143. The lowest BCUT2D eigenvalue weighted by Crippen LogP contribution is -2.34. The van der Waals surface area contributed by atoms with Gasteiger partial charge in [0.05, 0.1) is 36.1 Å². The lowest BCUT2D eigenvalue weighted by atomic mass is 9.98. The van der Waals surface area contributed by atoms with Crippen molar-refractivity contribution in [1.29, 1.82) is 0 Å². The normalized spacial score (nSPS) is 16.3. The van der Waals surface area contributed by atoms with E-state index in [4.69, 9.17) is 0 Å². The smallest absolute Gasteiger partial charge is 0.261 e. The molecule has 4 aromatic heterocycles. The Balaban J connectivity index is 1.41. The molecule has 4 nitrogen and oxygen atoms in total. The van der Waals surface area contributed by atoms with Crippen molar-refractivity contribution >= 4 is 96.6 Å². The molecule has 2 atom stereocenters. The van der Waals surface area contributed by atoms with Crippen molar-refractivity contribution in [2.45, 2.75) is 79.1 Å². The maximum absolute atomic E-state index is 14.7. The molecule has 4 aromatic rings. The van der Waals surface area contributed by atoms with Gasteiger partial charge in [0, 0.05) is 32.6 Å². The van der Waals surface area contributed by atoms with Crippen molar-refractivity contribution in [3.8, 4) is 9.75 Å². The molecule has 49 heavy (non-hydrogen) atoms. The van der Waals surface area contributed by atoms with Crippen LogP contribution in [0.2, 0.25) is 0 Å². The quantitative estimate of drug-likeness (QED) is 0.107. The van der Waals surface area contributed by atoms with E-state index in [-0.39, 0.29) is 11.8 Å². The van der Waals surface area contributed by atoms with E-state index in [1.807, 2.05) is 21.2 Å². The van der Waals surface area contributed by atoms with Gasteiger partial charge in [-0.05, 0) is 101 Å². The van der Waals surface area contributed by atoms with Gasteiger partial charge in [-0.2, -0.15) is 0 Å². The predicted molar refractivity (Wildman–Crippen MR) is 217 cm³/mol. The van der Waals surface area contributed by atoms with Crippen LogP contribution in [0.4, 0.5) is 0 Å². The molecule has 258 valence electrons. The Morgan fingerprint density at radius 2 is 1.18 bits per heavy atom. The minimum Gasteiger partial charge on any atom is -0.306 e. The zero-order chi connectivity index (χ0) is 34.5. The fourth-order valence-corrected chi connectivity index (χ4v) is 11.0. The van der Waals surface area contributed by atoms with Crippen LogP contribution in [0.15, 0.2) is 68.8 Å². The first-order chi connectivity index (χ1) is 23.9. The largest absolute Gasteiger partial charge is 0.306 e. The molecule has 0 spiro atoms. The molecular formula is C40H45BrN2O2S4. The Kier molecular flexibility index (Phi) is 12.3. The summed E-state index contributed by atoms with van der Waals surface area (Å²) in [6.07, 6.45) is 13.1. The topological polar surface area (TPSA) is 40.6 Å². The average Bonchev–Trinajstić information content (AvgIpc) is 3.96. The predicted octanol–water partition coefficient (Wildman–Crippen LogP) is 12.8. The fraction of sp³-hybridized carbons (Fsp3) is 0.400. The summed E-state index contributed by atoms with van der Waals surface area (Å²) in [6, 6.07) is 16.9. The summed E-state index contributed by atoms with van der Waals surface area (Å²) in [6.45, 7) is 10.2. The number of hydrogen-bond acceptors (Lipinski definition) is 6. The first kappa shape index (κ1) is 36.2. The van der Waals surface area contributed by atoms with Crippen LogP contribution in [-0.4, -0.2) is 34.7 Å². The molecule has 6 heterocycles. The van der Waals surface area contributed by atoms with E-state index in [9.17, 15) is 9.59 Å². The maximum Gasteiger partial charge on any atom is 0.261 e. The van der Waals surface area contributed by atoms with Gasteiger partial charge in [-0.15, -0.1) is 45.3 Å². The Hall–Kier alpha value is -2.56. The van der Waals surface area contributed by atoms with Crippen LogP contribution in [0, 0.1) is 11.8 Å². The highest BCUT2D eigenvalue weighted by Crippen LogP contribution is 2.50. The second-order valence-electron chi connectivity index (χ2n) is 12.9. The van der Waals surface area contributed by atoms with E-state index in [0.717, 1.165) is 81.2 Å². The first-order valence-electron chi connectivity index (χ1n) is 17.7. The molecule has 0 aromatic carbocycles. The summed E-state index contributed by atoms with van der Waals surface area (Å²) >= 11 is 10.3. The van der Waals surface area contributed by atoms with Crippen molar-refractivity contribution in [3.63, 3.8) is 0 Å². The number of unbranched alkanes of at least 4 members (excludes halogenated alkanes) is 2. The molecule has 0 radical (unpaired) electrons. The van der Waals surface area contributed by atoms with Gasteiger partial charge in [0.1, 0.15) is 0 Å². The van der Waals surface area contributed by atoms with Gasteiger partial charge in [0.15, 0.2) is 0 Å². The summed E-state index contributed by atoms with van der Waals surface area (Å²) in [4.78, 5) is 40.1. The number of rotatable bonds is 17. The number of thiophene rings is 4. The molecule has 0 fully saturated rings. The van der Waals surface area contributed by atoms with E-state index in [1.54, 1.807) is 45.3 Å². The number of fused-ring (bicyclic) bond motifs is 1. The van der Waals surface area contributed by atoms with Gasteiger partial charge in [-0.3, -0.25) is 9.59 Å². The van der Waals surface area contributed by atoms with Crippen molar-refractivity contribution in [2.24, 2.45) is 11.8 Å². The monoisotopic (exact) mass is 792 g/mol. The number of carbonyl (C=O) groups excluding carboxylic acids is 2. The molecule has 0 bridgehead atoms. The molecule has 9 heteroatoms. The van der Waals surface area contributed by atoms with Gasteiger partial charge in [-0.1, -0.05) is 72.3 Å². The van der Waals surface area contributed by atoms with E-state index in [0.29, 0.717) is 36.1 Å². The van der Waals surface area contributed by atoms with Crippen LogP contribution in [-0.2, 0) is 9.59 Å². The minimum absolute atomic E-state index is 0.0143. The lowest BCUT2D eigenvalue weighted by molar-refractivity contribution is -0.124. The fourth-order valence-electron chi connectivity index (χ4n) is 6.78. The Morgan fingerprint density at radius 3 is 1.71 bits per heavy atom. The summed E-state index contributed by atoms with van der Waals surface area (Å²) in [5.41, 5.74) is 2.85. The van der Waals surface area contributed by atoms with Crippen molar-refractivity contribution < 1.29 is 9.59 Å². The molecule has 2 aliphatic heterocycles. The van der Waals surface area contributed by atoms with Gasteiger partial charge >= 0.3 is 0 Å². The second-order valence-corrected chi connectivity index (χ2v) is 18.6. The lowest BCUT2D eigenvalue weighted by Gasteiger charge is -2.29. The van der Waals surface area contributed by atoms with Crippen LogP contribution in [0.25, 0.3) is 33.3 Å². The van der Waals surface area contributed by atoms with E-state index >= 15 is 0 Å². The number of nitrogens with zero attached hydrogens (tertiary/aromatic N) is 2. The van der Waals surface area contributed by atoms with Crippen LogP contribution in [0.5, 0.6) is 0 Å². The number of halogens is 1. The third-order valence-electron chi connectivity index (χ3n) is 9.62. The maximum atomic E-state index is 14.7. The molecule has 2 amide bonds. The molecular weight excluding hydrogens is 749 g/mol. The third kappa shape index (κ3) is 7.86. The van der Waals surface area contributed by atoms with Crippen LogP contribution >= 0.6 is 61.3 Å². The third-order valence-corrected chi connectivity index (χ3v) is 14.4. The summed E-state index contributed by atoms with van der Waals surface area (Å²) in [5, 5.41) is 2.05. The van der Waals surface area contributed by atoms with Crippen molar-refractivity contribution in [3.05, 3.63) is 88.4 Å². The van der Waals surface area contributed by atoms with Crippen molar-refractivity contribution in [1.82, 2.24) is 9.80 Å². The molecule has 0 N–H and O–H groups in total. The number of hydrogen-bond donors (Lipinski definition) is 0. The number of amides is 2. The molecule has 2 unspecified atom stereocenters. The summed E-state index contributed by atoms with van der Waals surface area (Å²) < 4.78 is 1.13. The average molecular weight is 794 g/mol. The highest BCUT2D eigenvalue weighted by atomic mass is 79.9. The molecule has 0 saturated heterocycles. The van der Waals surface area contributed by atoms with Gasteiger partial charge < -0.3 is 9.80 Å². The second kappa shape index (κ2) is 16.6. The molecule has 0 saturated carbocycles. The van der Waals surface area contributed by atoms with Gasteiger partial charge in [0.25, 0.3) is 11.8 Å². The van der Waals surface area contributed by atoms with Crippen LogP contribution in [0.1, 0.15) is 98.6 Å². The Bertz CT molecular complexity index is 1860. The number of carbonyl (C=O) groups is 2. The first-order valence-corrected chi connectivity index (χ1v) is 21.8. The van der Waals surface area contributed by atoms with E-state index in [2.05, 4.69) is 98.2 Å². The standard InChI is InChI=1S/C40H45BrN2O2S4/c1-5-9-12-26(7-3)24-42-37(32-14-11-23-46-32)35-36(40(42)45)38(43(39(35)44)25-27(8-4)13-10-6-2)33-21-20-31(49-33)30-19-17-28(47-30)15-16-29-18-22-34(41)48-29/h11,14-23,26-27H,5-10,12-13,24-25H2,1-4H3/b16-15+. The van der Waals surface area contributed by atoms with Crippen molar-refractivity contribution in [2.75, 3.05) is 13.1 Å². The van der Waals surface area contributed by atoms with Crippen LogP contribution in [0.3, 0.4) is 0 Å². The Labute approximate surface area is 316 Å². The van der Waals surface area contributed by atoms with Gasteiger partial charge in [0.2, 0.25) is 0 Å². The molecule has 0 aliphatic carbocycles.